The van der Waals surface area contributed by atoms with Gasteiger partial charge in [0.2, 0.25) is 5.88 Å². The van der Waals surface area contributed by atoms with Crippen LogP contribution in [0.25, 0.3) is 22.4 Å². The molecule has 0 spiro atoms. The van der Waals surface area contributed by atoms with Crippen molar-refractivity contribution in [1.29, 1.82) is 5.26 Å². The van der Waals surface area contributed by atoms with Crippen LogP contribution in [0.1, 0.15) is 65.6 Å². The lowest BCUT2D eigenvalue weighted by Crippen LogP contribution is -2.33. The molecule has 9 heteroatoms. The van der Waals surface area contributed by atoms with Crippen LogP contribution in [0.3, 0.4) is 0 Å². The minimum absolute atomic E-state index is 0.0393. The number of carbonyl (C=O) groups is 2. The van der Waals surface area contributed by atoms with Gasteiger partial charge in [-0.3, -0.25) is 14.5 Å². The first-order valence-corrected chi connectivity index (χ1v) is 13.8. The Morgan fingerprint density at radius 1 is 1.15 bits per heavy atom. The molecular weight excluding hydrogens is 540 g/mol. The Morgan fingerprint density at radius 2 is 1.95 bits per heavy atom. The molecule has 1 unspecified atom stereocenters. The number of aromatic nitrogens is 2. The fourth-order valence-corrected chi connectivity index (χ4v) is 6.31. The molecule has 4 aromatic rings. The summed E-state index contributed by atoms with van der Waals surface area (Å²) in [5.41, 5.74) is 7.22. The summed E-state index contributed by atoms with van der Waals surface area (Å²) in [5, 5.41) is 10.2. The molecule has 6 rings (SSSR count). The minimum Gasteiger partial charge on any atom is -0.481 e. The number of benzene rings is 2. The summed E-state index contributed by atoms with van der Waals surface area (Å²) in [4.78, 5) is 32.7. The maximum absolute atomic E-state index is 14.2. The number of carbonyl (C=O) groups excluding carboxylic acids is 2. The van der Waals surface area contributed by atoms with E-state index in [1.165, 1.54) is 0 Å². The number of esters is 1. The van der Waals surface area contributed by atoms with Crippen LogP contribution >= 0.6 is 11.6 Å². The molecule has 8 nitrogen and oxygen atoms in total. The van der Waals surface area contributed by atoms with Crippen LogP contribution in [0.5, 0.6) is 5.88 Å². The first kappa shape index (κ1) is 26.6. The number of rotatable bonds is 6. The van der Waals surface area contributed by atoms with Crippen molar-refractivity contribution in [3.8, 4) is 34.3 Å². The van der Waals surface area contributed by atoms with E-state index in [4.69, 9.17) is 21.1 Å². The van der Waals surface area contributed by atoms with Gasteiger partial charge in [0.25, 0.3) is 5.91 Å². The van der Waals surface area contributed by atoms with E-state index in [9.17, 15) is 14.9 Å². The Hall–Kier alpha value is -4.61. The zero-order valence-corrected chi connectivity index (χ0v) is 23.8. The summed E-state index contributed by atoms with van der Waals surface area (Å²) in [6.07, 6.45) is 1.68. The second-order valence-electron chi connectivity index (χ2n) is 10.3. The van der Waals surface area contributed by atoms with Crippen molar-refractivity contribution < 1.29 is 19.1 Å². The van der Waals surface area contributed by atoms with Gasteiger partial charge in [-0.1, -0.05) is 23.7 Å². The number of anilines is 1. The van der Waals surface area contributed by atoms with Crippen molar-refractivity contribution in [3.05, 3.63) is 87.7 Å². The highest BCUT2D eigenvalue weighted by Crippen LogP contribution is 2.55. The van der Waals surface area contributed by atoms with E-state index in [-0.39, 0.29) is 24.3 Å². The summed E-state index contributed by atoms with van der Waals surface area (Å²) < 4.78 is 12.9. The second-order valence-corrected chi connectivity index (χ2v) is 10.7. The Labute approximate surface area is 242 Å². The molecule has 1 amide bonds. The molecule has 0 N–H and O–H groups in total. The van der Waals surface area contributed by atoms with E-state index in [1.54, 1.807) is 37.3 Å². The maximum Gasteiger partial charge on any atom is 0.310 e. The average Bonchev–Trinajstić information content (AvgIpc) is 3.48. The molecule has 4 heterocycles. The number of pyridine rings is 1. The Morgan fingerprint density at radius 3 is 2.66 bits per heavy atom. The summed E-state index contributed by atoms with van der Waals surface area (Å²) in [7, 11) is 1.55. The van der Waals surface area contributed by atoms with E-state index >= 15 is 0 Å². The van der Waals surface area contributed by atoms with Crippen molar-refractivity contribution >= 4 is 29.2 Å². The molecule has 41 heavy (non-hydrogen) atoms. The summed E-state index contributed by atoms with van der Waals surface area (Å²) in [6.45, 7) is 6.19. The molecular formula is C32H27ClN4O4. The fraction of sp³-hybridized carbons (Fsp3) is 0.250. The van der Waals surface area contributed by atoms with Crippen LogP contribution in [0.2, 0.25) is 5.02 Å². The van der Waals surface area contributed by atoms with Crippen molar-refractivity contribution in [2.75, 3.05) is 18.6 Å². The average molecular weight is 567 g/mol. The maximum atomic E-state index is 14.2. The number of fused-ring (bicyclic) bond motifs is 8. The number of nitrogens with zero attached hydrogens (tertiary/aromatic N) is 4. The molecule has 0 saturated carbocycles. The van der Waals surface area contributed by atoms with Gasteiger partial charge < -0.3 is 14.0 Å². The summed E-state index contributed by atoms with van der Waals surface area (Å²) in [6, 6.07) is 16.6. The lowest BCUT2D eigenvalue weighted by atomic mass is 9.87. The zero-order valence-electron chi connectivity index (χ0n) is 23.1. The molecule has 1 atom stereocenters. The molecule has 2 aliphatic rings. The van der Waals surface area contributed by atoms with Gasteiger partial charge in [-0.2, -0.15) is 5.26 Å². The van der Waals surface area contributed by atoms with E-state index in [1.807, 2.05) is 36.4 Å². The monoisotopic (exact) mass is 566 g/mol. The minimum atomic E-state index is -0.427. The molecule has 2 aromatic heterocycles. The molecule has 0 bridgehead atoms. The van der Waals surface area contributed by atoms with Gasteiger partial charge in [0.15, 0.2) is 0 Å². The van der Waals surface area contributed by atoms with E-state index < -0.39 is 6.04 Å². The van der Waals surface area contributed by atoms with E-state index in [2.05, 4.69) is 29.5 Å². The molecule has 2 aliphatic heterocycles. The lowest BCUT2D eigenvalue weighted by Gasteiger charge is -2.36. The van der Waals surface area contributed by atoms with E-state index in [0.29, 0.717) is 45.5 Å². The van der Waals surface area contributed by atoms with Crippen LogP contribution in [0.15, 0.2) is 54.7 Å². The SMILES string of the molecule is CCOC(=O)Cc1cnc(OC)c(-c2cc3c(n2C(C)C)C2c4ccc(C#N)cc4-c4c(Cl)cccc4N2C3=O)c1. The fourth-order valence-electron chi connectivity index (χ4n) is 6.04. The van der Waals surface area contributed by atoms with Gasteiger partial charge in [0.1, 0.15) is 6.04 Å². The van der Waals surface area contributed by atoms with E-state index in [0.717, 1.165) is 28.1 Å². The quantitative estimate of drug-likeness (QED) is 0.247. The van der Waals surface area contributed by atoms with Crippen molar-refractivity contribution in [2.45, 2.75) is 39.3 Å². The third kappa shape index (κ3) is 4.08. The molecule has 0 fully saturated rings. The van der Waals surface area contributed by atoms with Gasteiger partial charge in [-0.15, -0.1) is 0 Å². The number of hydrogen-bond acceptors (Lipinski definition) is 6. The highest BCUT2D eigenvalue weighted by molar-refractivity contribution is 6.35. The number of methoxy groups -OCH3 is 1. The number of hydrogen-bond donors (Lipinski definition) is 0. The van der Waals surface area contributed by atoms with Crippen LogP contribution < -0.4 is 9.64 Å². The number of halogens is 1. The lowest BCUT2D eigenvalue weighted by molar-refractivity contribution is -0.142. The Balaban J connectivity index is 1.59. The van der Waals surface area contributed by atoms with Gasteiger partial charge in [-0.05, 0) is 73.9 Å². The van der Waals surface area contributed by atoms with Gasteiger partial charge in [0, 0.05) is 17.8 Å². The van der Waals surface area contributed by atoms with Crippen molar-refractivity contribution in [2.24, 2.45) is 0 Å². The van der Waals surface area contributed by atoms with Gasteiger partial charge >= 0.3 is 5.97 Å². The smallest absolute Gasteiger partial charge is 0.310 e. The third-order valence-corrected chi connectivity index (χ3v) is 7.90. The highest BCUT2D eigenvalue weighted by atomic mass is 35.5. The first-order valence-electron chi connectivity index (χ1n) is 13.4. The van der Waals surface area contributed by atoms with Gasteiger partial charge in [-0.25, -0.2) is 4.98 Å². The standard InChI is InChI=1S/C32H27ClN4O4/c1-5-41-27(38)13-19-12-22(31(40-4)35-16-19)26-14-23-30(36(26)17(2)3)29-20-10-9-18(15-34)11-21(20)28-24(33)7-6-8-25(28)37(29)32(23)39/h6-12,14,16-17,29H,5,13H2,1-4H3. The third-order valence-electron chi connectivity index (χ3n) is 7.59. The molecule has 0 radical (unpaired) electrons. The van der Waals surface area contributed by atoms with Gasteiger partial charge in [0.05, 0.1) is 65.0 Å². The second kappa shape index (κ2) is 10.1. The summed E-state index contributed by atoms with van der Waals surface area (Å²) >= 11 is 6.70. The zero-order chi connectivity index (χ0) is 29.0. The largest absolute Gasteiger partial charge is 0.481 e. The highest BCUT2D eigenvalue weighted by Gasteiger charge is 2.47. The molecule has 0 aliphatic carbocycles. The van der Waals surface area contributed by atoms with Crippen LogP contribution in [0.4, 0.5) is 5.69 Å². The topological polar surface area (TPSA) is 97.4 Å². The van der Waals surface area contributed by atoms with Crippen molar-refractivity contribution in [1.82, 2.24) is 9.55 Å². The summed E-state index contributed by atoms with van der Waals surface area (Å²) in [5.74, 6) is -0.0931. The van der Waals surface area contributed by atoms with Crippen LogP contribution in [-0.2, 0) is 16.0 Å². The first-order chi connectivity index (χ1) is 19.8. The molecule has 206 valence electrons. The predicted molar refractivity (Wildman–Crippen MR) is 155 cm³/mol. The molecule has 0 saturated heterocycles. The number of ether oxygens (including phenoxy) is 2. The number of amides is 1. The number of nitriles is 1. The normalized spacial score (nSPS) is 14.7. The molecule has 2 aromatic carbocycles. The van der Waals surface area contributed by atoms with Crippen LogP contribution in [-0.4, -0.2) is 35.1 Å². The van der Waals surface area contributed by atoms with Crippen molar-refractivity contribution in [3.63, 3.8) is 0 Å². The Bertz CT molecular complexity index is 1790. The van der Waals surface area contributed by atoms with Crippen LogP contribution in [0, 0.1) is 11.3 Å². The predicted octanol–water partition coefficient (Wildman–Crippen LogP) is 6.50. The Kier molecular flexibility index (Phi) is 6.55.